The van der Waals surface area contributed by atoms with Gasteiger partial charge in [-0.05, 0) is 23.5 Å². The lowest BCUT2D eigenvalue weighted by atomic mass is 9.86. The largest absolute Gasteiger partial charge is 0.479 e. The van der Waals surface area contributed by atoms with Crippen LogP contribution in [0, 0.1) is 0 Å². The SMILES string of the molecule is C[C@H](c1ccc(C(C)(C)C)cc1)N1CCO[C@@H](C(=O)O)C1. The fourth-order valence-corrected chi connectivity index (χ4v) is 2.64. The standard InChI is InChI=1S/C17H25NO3/c1-12(18-9-10-21-15(11-18)16(19)20)13-5-7-14(8-6-13)17(2,3)4/h5-8,12,15H,9-11H2,1-4H3,(H,19,20)/t12-,15-/m1/s1. The molecule has 1 N–H and O–H groups in total. The summed E-state index contributed by atoms with van der Waals surface area (Å²) in [6.45, 7) is 10.4. The molecule has 4 heteroatoms. The van der Waals surface area contributed by atoms with Gasteiger partial charge in [0.2, 0.25) is 0 Å². The minimum Gasteiger partial charge on any atom is -0.479 e. The van der Waals surface area contributed by atoms with Crippen LogP contribution in [-0.4, -0.2) is 41.8 Å². The summed E-state index contributed by atoms with van der Waals surface area (Å²) in [5.74, 6) is -0.880. The first-order valence-electron chi connectivity index (χ1n) is 7.48. The molecule has 1 aromatic rings. The highest BCUT2D eigenvalue weighted by atomic mass is 16.5. The highest BCUT2D eigenvalue weighted by molar-refractivity contribution is 5.72. The van der Waals surface area contributed by atoms with E-state index in [-0.39, 0.29) is 11.5 Å². The van der Waals surface area contributed by atoms with Crippen LogP contribution in [0.3, 0.4) is 0 Å². The summed E-state index contributed by atoms with van der Waals surface area (Å²) in [7, 11) is 0. The topological polar surface area (TPSA) is 49.8 Å². The van der Waals surface area contributed by atoms with Crippen molar-refractivity contribution in [3.63, 3.8) is 0 Å². The second-order valence-corrected chi connectivity index (χ2v) is 6.74. The number of nitrogens with zero attached hydrogens (tertiary/aromatic N) is 1. The van der Waals surface area contributed by atoms with Crippen LogP contribution in [0.15, 0.2) is 24.3 Å². The average molecular weight is 291 g/mol. The van der Waals surface area contributed by atoms with Crippen molar-refractivity contribution in [2.24, 2.45) is 0 Å². The van der Waals surface area contributed by atoms with E-state index in [4.69, 9.17) is 9.84 Å². The van der Waals surface area contributed by atoms with Gasteiger partial charge in [0.05, 0.1) is 6.61 Å². The van der Waals surface area contributed by atoms with E-state index < -0.39 is 12.1 Å². The lowest BCUT2D eigenvalue weighted by Crippen LogP contribution is -2.46. The number of aliphatic carboxylic acids is 1. The molecule has 4 nitrogen and oxygen atoms in total. The van der Waals surface area contributed by atoms with Gasteiger partial charge in [0.15, 0.2) is 6.10 Å². The first-order valence-corrected chi connectivity index (χ1v) is 7.48. The van der Waals surface area contributed by atoms with E-state index >= 15 is 0 Å². The van der Waals surface area contributed by atoms with E-state index in [1.54, 1.807) is 0 Å². The predicted molar refractivity (Wildman–Crippen MR) is 82.5 cm³/mol. The minimum absolute atomic E-state index is 0.148. The summed E-state index contributed by atoms with van der Waals surface area (Å²) >= 11 is 0. The summed E-state index contributed by atoms with van der Waals surface area (Å²) in [6, 6.07) is 8.83. The quantitative estimate of drug-likeness (QED) is 0.930. The molecule has 1 saturated heterocycles. The highest BCUT2D eigenvalue weighted by Crippen LogP contribution is 2.27. The molecule has 116 valence electrons. The van der Waals surface area contributed by atoms with Crippen molar-refractivity contribution in [3.8, 4) is 0 Å². The Morgan fingerprint density at radius 2 is 1.95 bits per heavy atom. The van der Waals surface area contributed by atoms with Gasteiger partial charge < -0.3 is 9.84 Å². The molecule has 1 aliphatic rings. The van der Waals surface area contributed by atoms with E-state index in [2.05, 4.69) is 56.9 Å². The van der Waals surface area contributed by atoms with Crippen molar-refractivity contribution in [1.82, 2.24) is 4.90 Å². The zero-order valence-corrected chi connectivity index (χ0v) is 13.3. The second kappa shape index (κ2) is 6.16. The maximum absolute atomic E-state index is 11.1. The maximum Gasteiger partial charge on any atom is 0.334 e. The lowest BCUT2D eigenvalue weighted by molar-refractivity contribution is -0.157. The van der Waals surface area contributed by atoms with Gasteiger partial charge in [-0.15, -0.1) is 0 Å². The summed E-state index contributed by atoms with van der Waals surface area (Å²) in [4.78, 5) is 13.2. The zero-order valence-electron chi connectivity index (χ0n) is 13.3. The number of morpholine rings is 1. The molecular formula is C17H25NO3. The molecule has 2 rings (SSSR count). The molecule has 2 atom stereocenters. The molecule has 0 bridgehead atoms. The van der Waals surface area contributed by atoms with Gasteiger partial charge in [-0.1, -0.05) is 45.0 Å². The second-order valence-electron chi connectivity index (χ2n) is 6.74. The molecule has 0 saturated carbocycles. The molecule has 0 aromatic heterocycles. The van der Waals surface area contributed by atoms with Crippen LogP contribution in [0.2, 0.25) is 0 Å². The van der Waals surface area contributed by atoms with Crippen molar-refractivity contribution in [2.75, 3.05) is 19.7 Å². The van der Waals surface area contributed by atoms with E-state index in [1.165, 1.54) is 11.1 Å². The molecule has 1 aliphatic heterocycles. The fraction of sp³-hybridized carbons (Fsp3) is 0.588. The van der Waals surface area contributed by atoms with Crippen molar-refractivity contribution in [3.05, 3.63) is 35.4 Å². The number of hydrogen-bond acceptors (Lipinski definition) is 3. The smallest absolute Gasteiger partial charge is 0.334 e. The maximum atomic E-state index is 11.1. The molecule has 0 radical (unpaired) electrons. The van der Waals surface area contributed by atoms with Crippen LogP contribution in [0.25, 0.3) is 0 Å². The molecule has 0 spiro atoms. The molecular weight excluding hydrogens is 266 g/mol. The van der Waals surface area contributed by atoms with E-state index in [0.717, 1.165) is 6.54 Å². The minimum atomic E-state index is -0.880. The van der Waals surface area contributed by atoms with Gasteiger partial charge in [-0.25, -0.2) is 4.79 Å². The van der Waals surface area contributed by atoms with Crippen molar-refractivity contribution in [2.45, 2.75) is 45.3 Å². The van der Waals surface area contributed by atoms with Crippen LogP contribution in [0.4, 0.5) is 0 Å². The molecule has 21 heavy (non-hydrogen) atoms. The Balaban J connectivity index is 2.09. The molecule has 1 fully saturated rings. The number of rotatable bonds is 3. The van der Waals surface area contributed by atoms with Crippen LogP contribution in [-0.2, 0) is 14.9 Å². The Morgan fingerprint density at radius 3 is 2.48 bits per heavy atom. The Labute approximate surface area is 126 Å². The number of hydrogen-bond donors (Lipinski definition) is 1. The first-order chi connectivity index (χ1) is 9.79. The number of carboxylic acids is 1. The number of ether oxygens (including phenoxy) is 1. The molecule has 0 aliphatic carbocycles. The first kappa shape index (κ1) is 16.0. The lowest BCUT2D eigenvalue weighted by Gasteiger charge is -2.35. The summed E-state index contributed by atoms with van der Waals surface area (Å²) in [5.41, 5.74) is 2.67. The van der Waals surface area contributed by atoms with Gasteiger partial charge >= 0.3 is 5.97 Å². The fourth-order valence-electron chi connectivity index (χ4n) is 2.64. The van der Waals surface area contributed by atoms with Crippen LogP contribution in [0.5, 0.6) is 0 Å². The van der Waals surface area contributed by atoms with Crippen LogP contribution < -0.4 is 0 Å². The van der Waals surface area contributed by atoms with Gasteiger partial charge in [0.1, 0.15) is 0 Å². The predicted octanol–water partition coefficient (Wildman–Crippen LogP) is 2.83. The summed E-state index contributed by atoms with van der Waals surface area (Å²) < 4.78 is 5.28. The van der Waals surface area contributed by atoms with Crippen LogP contribution in [0.1, 0.15) is 44.9 Å². The third-order valence-corrected chi connectivity index (χ3v) is 4.18. The van der Waals surface area contributed by atoms with Crippen molar-refractivity contribution < 1.29 is 14.6 Å². The highest BCUT2D eigenvalue weighted by Gasteiger charge is 2.29. The van der Waals surface area contributed by atoms with Gasteiger partial charge in [0, 0.05) is 19.1 Å². The normalized spacial score (nSPS) is 22.0. The third-order valence-electron chi connectivity index (χ3n) is 4.18. The van der Waals surface area contributed by atoms with E-state index in [9.17, 15) is 4.79 Å². The number of carbonyl (C=O) groups is 1. The molecule has 0 unspecified atom stereocenters. The van der Waals surface area contributed by atoms with Crippen LogP contribution >= 0.6 is 0 Å². The monoisotopic (exact) mass is 291 g/mol. The summed E-state index contributed by atoms with van der Waals surface area (Å²) in [5, 5.41) is 9.08. The Bertz CT molecular complexity index is 490. The molecule has 0 amide bonds. The van der Waals surface area contributed by atoms with E-state index in [1.807, 2.05) is 0 Å². The Kier molecular flexibility index (Phi) is 4.69. The Hall–Kier alpha value is -1.39. The van der Waals surface area contributed by atoms with E-state index in [0.29, 0.717) is 13.2 Å². The number of benzene rings is 1. The number of carboxylic acid groups (broad SMARTS) is 1. The van der Waals surface area contributed by atoms with Gasteiger partial charge in [-0.2, -0.15) is 0 Å². The van der Waals surface area contributed by atoms with Crippen molar-refractivity contribution in [1.29, 1.82) is 0 Å². The third kappa shape index (κ3) is 3.83. The summed E-state index contributed by atoms with van der Waals surface area (Å²) in [6.07, 6.45) is -0.713. The molecule has 1 aromatic carbocycles. The van der Waals surface area contributed by atoms with Gasteiger partial charge in [-0.3, -0.25) is 4.90 Å². The molecule has 1 heterocycles. The average Bonchev–Trinajstić information content (AvgIpc) is 2.46. The Morgan fingerprint density at radius 1 is 1.33 bits per heavy atom. The van der Waals surface area contributed by atoms with Gasteiger partial charge in [0.25, 0.3) is 0 Å². The van der Waals surface area contributed by atoms with Crippen molar-refractivity contribution >= 4 is 5.97 Å². The zero-order chi connectivity index (χ0) is 15.6.